The number of nitrogens with zero attached hydrogens (tertiary/aromatic N) is 1. The second kappa shape index (κ2) is 4.87. The van der Waals surface area contributed by atoms with Crippen LogP contribution in [0.4, 0.5) is 0 Å². The Bertz CT molecular complexity index is 541. The summed E-state index contributed by atoms with van der Waals surface area (Å²) in [6.07, 6.45) is 0.877. The van der Waals surface area contributed by atoms with Crippen LogP contribution in [0.5, 0.6) is 0 Å². The van der Waals surface area contributed by atoms with Gasteiger partial charge >= 0.3 is 0 Å². The first-order valence-corrected chi connectivity index (χ1v) is 5.53. The normalized spacial score (nSPS) is 10.1. The summed E-state index contributed by atoms with van der Waals surface area (Å²) >= 11 is 0. The maximum Gasteiger partial charge on any atom is 0.0483 e. The maximum absolute atomic E-state index is 5.76. The van der Waals surface area contributed by atoms with Crippen LogP contribution in [0.15, 0.2) is 30.3 Å². The summed E-state index contributed by atoms with van der Waals surface area (Å²) in [4.78, 5) is 0. The molecule has 1 aromatic carbocycles. The van der Waals surface area contributed by atoms with Crippen LogP contribution in [0.2, 0.25) is 0 Å². The molecule has 0 radical (unpaired) electrons. The largest absolute Gasteiger partial charge is 0.342 e. The van der Waals surface area contributed by atoms with Crippen molar-refractivity contribution in [1.82, 2.24) is 4.57 Å². The molecule has 0 aliphatic rings. The van der Waals surface area contributed by atoms with E-state index < -0.39 is 0 Å². The van der Waals surface area contributed by atoms with Gasteiger partial charge in [0.05, 0.1) is 0 Å². The third-order valence-electron chi connectivity index (χ3n) is 2.74. The summed E-state index contributed by atoms with van der Waals surface area (Å²) in [5.74, 6) is 6.01. The van der Waals surface area contributed by atoms with Gasteiger partial charge in [-0.3, -0.25) is 0 Å². The highest BCUT2D eigenvalue weighted by atomic mass is 15.0. The Morgan fingerprint density at radius 3 is 2.88 bits per heavy atom. The number of benzene rings is 1. The van der Waals surface area contributed by atoms with Gasteiger partial charge in [0.1, 0.15) is 0 Å². The molecule has 82 valence electrons. The number of aromatic nitrogens is 1. The van der Waals surface area contributed by atoms with E-state index >= 15 is 0 Å². The number of hydrogen-bond donors (Lipinski definition) is 1. The molecule has 2 N–H and O–H groups in total. The Morgan fingerprint density at radius 2 is 2.12 bits per heavy atom. The zero-order valence-electron chi connectivity index (χ0n) is 9.53. The lowest BCUT2D eigenvalue weighted by Gasteiger charge is -2.06. The molecule has 0 amide bonds. The van der Waals surface area contributed by atoms with Crippen LogP contribution in [0.3, 0.4) is 0 Å². The van der Waals surface area contributed by atoms with Crippen LogP contribution in [0.1, 0.15) is 19.0 Å². The number of aryl methyl sites for hydroxylation is 1. The number of rotatable bonds is 3. The predicted octanol–water partition coefficient (Wildman–Crippen LogP) is 2.51. The van der Waals surface area contributed by atoms with Crippen LogP contribution < -0.4 is 5.73 Å². The standard InChI is InChI=1S/C14H16N2/c1-2-3-6-9-16-13(11-15)10-12-7-4-5-8-14(12)16/h4-5,7-8,10H,6,9,11,15H2,1H3. The molecule has 1 heterocycles. The SMILES string of the molecule is CC#CCCn1c(CN)cc2ccccc21. The van der Waals surface area contributed by atoms with E-state index in [2.05, 4.69) is 46.7 Å². The molecule has 0 unspecified atom stereocenters. The van der Waals surface area contributed by atoms with Gasteiger partial charge in [0, 0.05) is 30.7 Å². The smallest absolute Gasteiger partial charge is 0.0483 e. The molecule has 0 fully saturated rings. The molecule has 2 rings (SSSR count). The molecule has 0 saturated heterocycles. The highest BCUT2D eigenvalue weighted by Gasteiger charge is 2.05. The first-order valence-electron chi connectivity index (χ1n) is 5.53. The van der Waals surface area contributed by atoms with Gasteiger partial charge in [0.15, 0.2) is 0 Å². The molecule has 2 heteroatoms. The Morgan fingerprint density at radius 1 is 1.31 bits per heavy atom. The lowest BCUT2D eigenvalue weighted by molar-refractivity contribution is 0.703. The highest BCUT2D eigenvalue weighted by Crippen LogP contribution is 2.19. The van der Waals surface area contributed by atoms with Crippen LogP contribution in [-0.4, -0.2) is 4.57 Å². The van der Waals surface area contributed by atoms with Gasteiger partial charge in [-0.15, -0.1) is 11.8 Å². The molecule has 0 saturated carbocycles. The summed E-state index contributed by atoms with van der Waals surface area (Å²) in [6.45, 7) is 3.37. The van der Waals surface area contributed by atoms with E-state index in [1.807, 2.05) is 6.92 Å². The van der Waals surface area contributed by atoms with Gasteiger partial charge in [-0.05, 0) is 24.4 Å². The van der Waals surface area contributed by atoms with E-state index in [4.69, 9.17) is 5.73 Å². The lowest BCUT2D eigenvalue weighted by atomic mass is 10.2. The molecule has 0 bridgehead atoms. The van der Waals surface area contributed by atoms with E-state index in [1.165, 1.54) is 16.6 Å². The van der Waals surface area contributed by atoms with Crippen molar-refractivity contribution in [1.29, 1.82) is 0 Å². The predicted molar refractivity (Wildman–Crippen MR) is 67.9 cm³/mol. The molecule has 16 heavy (non-hydrogen) atoms. The highest BCUT2D eigenvalue weighted by molar-refractivity contribution is 5.81. The van der Waals surface area contributed by atoms with Crippen molar-refractivity contribution in [3.63, 3.8) is 0 Å². The van der Waals surface area contributed by atoms with Gasteiger partial charge in [0.2, 0.25) is 0 Å². The van der Waals surface area contributed by atoms with Crippen molar-refractivity contribution < 1.29 is 0 Å². The number of fused-ring (bicyclic) bond motifs is 1. The summed E-state index contributed by atoms with van der Waals surface area (Å²) in [5.41, 5.74) is 8.19. The first kappa shape index (κ1) is 10.8. The van der Waals surface area contributed by atoms with Crippen LogP contribution >= 0.6 is 0 Å². The fourth-order valence-electron chi connectivity index (χ4n) is 1.99. The molecule has 0 spiro atoms. The zero-order valence-corrected chi connectivity index (χ0v) is 9.53. The van der Waals surface area contributed by atoms with Crippen molar-refractivity contribution in [2.75, 3.05) is 0 Å². The lowest BCUT2D eigenvalue weighted by Crippen LogP contribution is -2.06. The van der Waals surface area contributed by atoms with Gasteiger partial charge in [0.25, 0.3) is 0 Å². The second-order valence-electron chi connectivity index (χ2n) is 3.73. The Balaban J connectivity index is 2.41. The molecule has 2 nitrogen and oxygen atoms in total. The average molecular weight is 212 g/mol. The summed E-state index contributed by atoms with van der Waals surface area (Å²) in [7, 11) is 0. The van der Waals surface area contributed by atoms with Crippen molar-refractivity contribution >= 4 is 10.9 Å². The minimum Gasteiger partial charge on any atom is -0.342 e. The summed E-state index contributed by atoms with van der Waals surface area (Å²) in [5, 5.41) is 1.26. The summed E-state index contributed by atoms with van der Waals surface area (Å²) < 4.78 is 2.26. The fourth-order valence-corrected chi connectivity index (χ4v) is 1.99. The van der Waals surface area contributed by atoms with E-state index in [-0.39, 0.29) is 0 Å². The molecule has 0 aliphatic carbocycles. The van der Waals surface area contributed by atoms with Crippen molar-refractivity contribution in [3.8, 4) is 11.8 Å². The third kappa shape index (κ3) is 1.95. The van der Waals surface area contributed by atoms with E-state index in [0.29, 0.717) is 6.54 Å². The molecule has 0 atom stereocenters. The van der Waals surface area contributed by atoms with Crippen LogP contribution in [0.25, 0.3) is 10.9 Å². The minimum atomic E-state index is 0.578. The summed E-state index contributed by atoms with van der Waals surface area (Å²) in [6, 6.07) is 10.5. The number of para-hydroxylation sites is 1. The van der Waals surface area contributed by atoms with Crippen molar-refractivity contribution in [2.45, 2.75) is 26.4 Å². The number of hydrogen-bond acceptors (Lipinski definition) is 1. The number of nitrogens with two attached hydrogens (primary N) is 1. The van der Waals surface area contributed by atoms with Gasteiger partial charge in [-0.2, -0.15) is 0 Å². The van der Waals surface area contributed by atoms with E-state index in [9.17, 15) is 0 Å². The van der Waals surface area contributed by atoms with Crippen LogP contribution in [-0.2, 0) is 13.1 Å². The Labute approximate surface area is 96.1 Å². The molecule has 1 aromatic heterocycles. The van der Waals surface area contributed by atoms with Crippen molar-refractivity contribution in [3.05, 3.63) is 36.0 Å². The first-order chi connectivity index (χ1) is 7.86. The zero-order chi connectivity index (χ0) is 11.4. The molecular formula is C14H16N2. The van der Waals surface area contributed by atoms with E-state index in [1.54, 1.807) is 0 Å². The third-order valence-corrected chi connectivity index (χ3v) is 2.74. The molecule has 2 aromatic rings. The molecular weight excluding hydrogens is 196 g/mol. The Kier molecular flexibility index (Phi) is 3.28. The molecule has 0 aliphatic heterocycles. The van der Waals surface area contributed by atoms with Gasteiger partial charge in [-0.1, -0.05) is 18.2 Å². The monoisotopic (exact) mass is 212 g/mol. The Hall–Kier alpha value is -1.72. The van der Waals surface area contributed by atoms with Crippen LogP contribution in [0, 0.1) is 11.8 Å². The van der Waals surface area contributed by atoms with Gasteiger partial charge < -0.3 is 10.3 Å². The average Bonchev–Trinajstić information content (AvgIpc) is 2.68. The topological polar surface area (TPSA) is 30.9 Å². The van der Waals surface area contributed by atoms with Crippen molar-refractivity contribution in [2.24, 2.45) is 5.73 Å². The second-order valence-corrected chi connectivity index (χ2v) is 3.73. The fraction of sp³-hybridized carbons (Fsp3) is 0.286. The quantitative estimate of drug-likeness (QED) is 0.779. The maximum atomic E-state index is 5.76. The van der Waals surface area contributed by atoms with E-state index in [0.717, 1.165) is 13.0 Å². The van der Waals surface area contributed by atoms with Gasteiger partial charge in [-0.25, -0.2) is 0 Å². The minimum absolute atomic E-state index is 0.578.